The average molecular weight is 216 g/mol. The molecule has 0 radical (unpaired) electrons. The fraction of sp³-hybridized carbons (Fsp3) is 0.143. The van der Waals surface area contributed by atoms with E-state index in [9.17, 15) is 18.5 Å². The molecule has 0 saturated heterocycles. The van der Waals surface area contributed by atoms with Gasteiger partial charge in [0.2, 0.25) is 10.0 Å². The summed E-state index contributed by atoms with van der Waals surface area (Å²) in [5, 5.41) is 15.2. The van der Waals surface area contributed by atoms with Crippen molar-refractivity contribution in [3.63, 3.8) is 0 Å². The van der Waals surface area contributed by atoms with E-state index in [0.29, 0.717) is 0 Å². The summed E-state index contributed by atoms with van der Waals surface area (Å²) in [6.07, 6.45) is 0. The minimum absolute atomic E-state index is 0.0944. The molecule has 0 spiro atoms. The summed E-state index contributed by atoms with van der Waals surface area (Å²) in [7, 11) is -3.80. The Kier molecular flexibility index (Phi) is 2.54. The normalized spacial score (nSPS) is 11.3. The molecule has 0 bridgehead atoms. The lowest BCUT2D eigenvalue weighted by molar-refractivity contribution is -0.385. The van der Waals surface area contributed by atoms with Crippen molar-refractivity contribution in [1.82, 2.24) is 0 Å². The van der Waals surface area contributed by atoms with Gasteiger partial charge in [-0.1, -0.05) is 0 Å². The fourth-order valence-electron chi connectivity index (χ4n) is 1.07. The van der Waals surface area contributed by atoms with Crippen molar-refractivity contribution in [3.05, 3.63) is 33.9 Å². The summed E-state index contributed by atoms with van der Waals surface area (Å²) in [4.78, 5) is 9.65. The lowest BCUT2D eigenvalue weighted by Crippen LogP contribution is -2.13. The van der Waals surface area contributed by atoms with Crippen LogP contribution in [-0.2, 0) is 10.0 Å². The van der Waals surface area contributed by atoms with Crippen molar-refractivity contribution < 1.29 is 13.3 Å². The van der Waals surface area contributed by atoms with Crippen LogP contribution in [0.3, 0.4) is 0 Å². The zero-order valence-electron chi connectivity index (χ0n) is 7.30. The minimum Gasteiger partial charge on any atom is -0.258 e. The third-order valence-corrected chi connectivity index (χ3v) is 2.75. The van der Waals surface area contributed by atoms with Gasteiger partial charge in [-0.2, -0.15) is 0 Å². The van der Waals surface area contributed by atoms with Crippen LogP contribution in [0.4, 0.5) is 5.69 Å². The SMILES string of the molecule is Cc1cc([N+](=O)[O-])ccc1S(N)(=O)=O. The average Bonchev–Trinajstić information content (AvgIpc) is 2.01. The zero-order valence-corrected chi connectivity index (χ0v) is 8.11. The van der Waals surface area contributed by atoms with Crippen LogP contribution >= 0.6 is 0 Å². The molecule has 76 valence electrons. The number of nitrogens with two attached hydrogens (primary N) is 1. The summed E-state index contributed by atoms with van der Waals surface area (Å²) in [6.45, 7) is 1.45. The van der Waals surface area contributed by atoms with Crippen molar-refractivity contribution in [2.75, 3.05) is 0 Å². The Morgan fingerprint density at radius 2 is 2.00 bits per heavy atom. The van der Waals surface area contributed by atoms with Gasteiger partial charge in [-0.05, 0) is 18.6 Å². The van der Waals surface area contributed by atoms with Crippen molar-refractivity contribution >= 4 is 15.7 Å². The monoisotopic (exact) mass is 216 g/mol. The number of non-ortho nitro benzene ring substituents is 1. The summed E-state index contributed by atoms with van der Waals surface area (Å²) in [5.74, 6) is 0. The second-order valence-electron chi connectivity index (χ2n) is 2.75. The number of benzene rings is 1. The molecule has 0 saturated carbocycles. The molecule has 0 amide bonds. The molecule has 6 nitrogen and oxygen atoms in total. The van der Waals surface area contributed by atoms with E-state index >= 15 is 0 Å². The van der Waals surface area contributed by atoms with Crippen LogP contribution < -0.4 is 5.14 Å². The van der Waals surface area contributed by atoms with E-state index in [4.69, 9.17) is 5.14 Å². The molecule has 2 N–H and O–H groups in total. The lowest BCUT2D eigenvalue weighted by Gasteiger charge is -2.01. The molecule has 14 heavy (non-hydrogen) atoms. The molecule has 0 heterocycles. The highest BCUT2D eigenvalue weighted by Gasteiger charge is 2.14. The Morgan fingerprint density at radius 3 is 2.36 bits per heavy atom. The number of nitrogens with zero attached hydrogens (tertiary/aromatic N) is 1. The van der Waals surface area contributed by atoms with Crippen LogP contribution in [0.2, 0.25) is 0 Å². The first-order valence-corrected chi connectivity index (χ1v) is 5.15. The highest BCUT2D eigenvalue weighted by molar-refractivity contribution is 7.89. The third kappa shape index (κ3) is 2.06. The molecule has 1 aromatic rings. The first-order valence-electron chi connectivity index (χ1n) is 3.60. The van der Waals surface area contributed by atoms with E-state index in [-0.39, 0.29) is 16.1 Å². The van der Waals surface area contributed by atoms with Gasteiger partial charge in [0.05, 0.1) is 9.82 Å². The summed E-state index contributed by atoms with van der Waals surface area (Å²) < 4.78 is 21.9. The molecule has 0 fully saturated rings. The quantitative estimate of drug-likeness (QED) is 0.575. The van der Waals surface area contributed by atoms with Crippen LogP contribution in [-0.4, -0.2) is 13.3 Å². The molecule has 0 aliphatic rings. The number of sulfonamides is 1. The van der Waals surface area contributed by atoms with Gasteiger partial charge in [0.1, 0.15) is 0 Å². The van der Waals surface area contributed by atoms with E-state index in [1.165, 1.54) is 13.0 Å². The molecule has 0 aromatic heterocycles. The molecule has 0 atom stereocenters. The topological polar surface area (TPSA) is 103 Å². The Labute approximate surface area is 80.5 Å². The number of aryl methyl sites for hydroxylation is 1. The van der Waals surface area contributed by atoms with Crippen molar-refractivity contribution in [1.29, 1.82) is 0 Å². The molecule has 0 aliphatic heterocycles. The van der Waals surface area contributed by atoms with Gasteiger partial charge in [-0.15, -0.1) is 0 Å². The second-order valence-corrected chi connectivity index (χ2v) is 4.28. The van der Waals surface area contributed by atoms with Crippen molar-refractivity contribution in [2.24, 2.45) is 5.14 Å². The van der Waals surface area contributed by atoms with Gasteiger partial charge in [0, 0.05) is 12.1 Å². The molecule has 1 aromatic carbocycles. The van der Waals surface area contributed by atoms with Crippen LogP contribution in [0.1, 0.15) is 5.56 Å². The predicted molar refractivity (Wildman–Crippen MR) is 49.2 cm³/mol. The van der Waals surface area contributed by atoms with E-state index in [1.807, 2.05) is 0 Å². The van der Waals surface area contributed by atoms with Crippen LogP contribution in [0.5, 0.6) is 0 Å². The number of nitro groups is 1. The predicted octanol–water partition coefficient (Wildman–Crippen LogP) is 0.551. The largest absolute Gasteiger partial charge is 0.269 e. The minimum atomic E-state index is -3.80. The number of hydrogen-bond donors (Lipinski definition) is 1. The van der Waals surface area contributed by atoms with E-state index in [2.05, 4.69) is 0 Å². The standard InChI is InChI=1S/C7H8N2O4S/c1-5-4-6(9(10)11)2-3-7(5)14(8,12)13/h2-4H,1H3,(H2,8,12,13). The van der Waals surface area contributed by atoms with Gasteiger partial charge in [0.25, 0.3) is 5.69 Å². The number of rotatable bonds is 2. The van der Waals surface area contributed by atoms with E-state index in [1.54, 1.807) is 0 Å². The Balaban J connectivity index is 3.35. The van der Waals surface area contributed by atoms with Gasteiger partial charge < -0.3 is 0 Å². The summed E-state index contributed by atoms with van der Waals surface area (Å²) >= 11 is 0. The van der Waals surface area contributed by atoms with Crippen LogP contribution in [0.15, 0.2) is 23.1 Å². The van der Waals surface area contributed by atoms with Crippen LogP contribution in [0.25, 0.3) is 0 Å². The Morgan fingerprint density at radius 1 is 1.43 bits per heavy atom. The third-order valence-electron chi connectivity index (χ3n) is 1.68. The molecule has 1 rings (SSSR count). The Hall–Kier alpha value is -1.47. The second kappa shape index (κ2) is 3.35. The highest BCUT2D eigenvalue weighted by Crippen LogP contribution is 2.19. The number of primary sulfonamides is 1. The number of nitro benzene ring substituents is 1. The molecule has 7 heteroatoms. The molecular weight excluding hydrogens is 208 g/mol. The molecule has 0 aliphatic carbocycles. The van der Waals surface area contributed by atoms with Gasteiger partial charge in [-0.3, -0.25) is 10.1 Å². The van der Waals surface area contributed by atoms with Crippen LogP contribution in [0, 0.1) is 17.0 Å². The summed E-state index contributed by atoms with van der Waals surface area (Å²) in [6, 6.07) is 3.40. The Bertz CT molecular complexity index is 480. The first kappa shape index (κ1) is 10.6. The highest BCUT2D eigenvalue weighted by atomic mass is 32.2. The maximum atomic E-state index is 10.9. The molecular formula is C7H8N2O4S. The van der Waals surface area contributed by atoms with Gasteiger partial charge in [0.15, 0.2) is 0 Å². The zero-order chi connectivity index (χ0) is 10.9. The van der Waals surface area contributed by atoms with Crippen molar-refractivity contribution in [2.45, 2.75) is 11.8 Å². The first-order chi connectivity index (χ1) is 6.32. The van der Waals surface area contributed by atoms with Gasteiger partial charge in [-0.25, -0.2) is 13.6 Å². The van der Waals surface area contributed by atoms with Crippen molar-refractivity contribution in [3.8, 4) is 0 Å². The van der Waals surface area contributed by atoms with E-state index < -0.39 is 14.9 Å². The maximum Gasteiger partial charge on any atom is 0.269 e. The lowest BCUT2D eigenvalue weighted by atomic mass is 10.2. The molecule has 0 unspecified atom stereocenters. The fourth-order valence-corrected chi connectivity index (χ4v) is 1.83. The smallest absolute Gasteiger partial charge is 0.258 e. The van der Waals surface area contributed by atoms with E-state index in [0.717, 1.165) is 12.1 Å². The van der Waals surface area contributed by atoms with Gasteiger partial charge >= 0.3 is 0 Å². The number of hydrogen-bond acceptors (Lipinski definition) is 4. The maximum absolute atomic E-state index is 10.9. The summed E-state index contributed by atoms with van der Waals surface area (Å²) in [5.41, 5.74) is 0.108.